The molecule has 6 heteroatoms. The van der Waals surface area contributed by atoms with E-state index in [9.17, 15) is 14.7 Å². The Bertz CT molecular complexity index is 759. The highest BCUT2D eigenvalue weighted by molar-refractivity contribution is 5.84. The van der Waals surface area contributed by atoms with Gasteiger partial charge in [0.15, 0.2) is 0 Å². The second-order valence-corrected chi connectivity index (χ2v) is 6.61. The highest BCUT2D eigenvalue weighted by Crippen LogP contribution is 2.33. The van der Waals surface area contributed by atoms with Crippen LogP contribution < -0.4 is 10.1 Å². The first-order valence-corrected chi connectivity index (χ1v) is 8.73. The van der Waals surface area contributed by atoms with Crippen LogP contribution in [0.3, 0.4) is 0 Å². The third-order valence-electron chi connectivity index (χ3n) is 4.29. The van der Waals surface area contributed by atoms with Gasteiger partial charge in [0.1, 0.15) is 18.4 Å². The normalized spacial score (nSPS) is 14.5. The van der Waals surface area contributed by atoms with E-state index in [1.165, 1.54) is 0 Å². The van der Waals surface area contributed by atoms with Gasteiger partial charge >= 0.3 is 5.97 Å². The summed E-state index contributed by atoms with van der Waals surface area (Å²) in [7, 11) is 0. The van der Waals surface area contributed by atoms with Crippen LogP contribution in [-0.2, 0) is 22.6 Å². The van der Waals surface area contributed by atoms with Crippen molar-refractivity contribution in [2.24, 2.45) is 5.92 Å². The molecule has 1 aromatic heterocycles. The van der Waals surface area contributed by atoms with E-state index >= 15 is 0 Å². The summed E-state index contributed by atoms with van der Waals surface area (Å²) in [6.07, 6.45) is 6.18. The number of benzene rings is 1. The quantitative estimate of drug-likeness (QED) is 0.722. The summed E-state index contributed by atoms with van der Waals surface area (Å²) < 4.78 is 5.73. The molecule has 1 aromatic carbocycles. The molecule has 1 heterocycles. The summed E-state index contributed by atoms with van der Waals surface area (Å²) >= 11 is 0. The lowest BCUT2D eigenvalue weighted by molar-refractivity contribution is -0.142. The minimum absolute atomic E-state index is 0.124. The van der Waals surface area contributed by atoms with Crippen molar-refractivity contribution in [1.29, 1.82) is 0 Å². The molecule has 0 aliphatic heterocycles. The number of aliphatic carboxylic acids is 1. The second-order valence-electron chi connectivity index (χ2n) is 6.61. The Hall–Kier alpha value is -2.89. The number of carboxylic acids is 1. The maximum Gasteiger partial charge on any atom is 0.326 e. The van der Waals surface area contributed by atoms with Crippen LogP contribution in [0.4, 0.5) is 0 Å². The van der Waals surface area contributed by atoms with E-state index in [0.29, 0.717) is 24.7 Å². The maximum absolute atomic E-state index is 12.2. The molecule has 1 atom stereocenters. The predicted octanol–water partition coefficient (Wildman–Crippen LogP) is 2.57. The fourth-order valence-electron chi connectivity index (χ4n) is 2.73. The van der Waals surface area contributed by atoms with Crippen molar-refractivity contribution in [2.45, 2.75) is 38.3 Å². The van der Waals surface area contributed by atoms with Crippen LogP contribution >= 0.6 is 0 Å². The Kier molecular flexibility index (Phi) is 5.84. The molecule has 1 fully saturated rings. The van der Waals surface area contributed by atoms with Gasteiger partial charge in [-0.2, -0.15) is 0 Å². The number of pyridine rings is 1. The van der Waals surface area contributed by atoms with Gasteiger partial charge in [-0.05, 0) is 36.1 Å². The number of hydrogen-bond acceptors (Lipinski definition) is 4. The van der Waals surface area contributed by atoms with Crippen molar-refractivity contribution in [3.05, 3.63) is 59.9 Å². The van der Waals surface area contributed by atoms with Gasteiger partial charge in [-0.3, -0.25) is 9.78 Å². The fraction of sp³-hybridized carbons (Fsp3) is 0.350. The number of carbonyl (C=O) groups is 2. The molecule has 1 saturated carbocycles. The average molecular weight is 354 g/mol. The first kappa shape index (κ1) is 17.9. The number of aromatic nitrogens is 1. The molecule has 2 N–H and O–H groups in total. The number of nitrogens with one attached hydrogen (secondary N) is 1. The minimum Gasteiger partial charge on any atom is -0.489 e. The molecular formula is C20H22N2O4. The molecule has 3 rings (SSSR count). The third-order valence-corrected chi connectivity index (χ3v) is 4.29. The molecule has 136 valence electrons. The predicted molar refractivity (Wildman–Crippen MR) is 95.6 cm³/mol. The highest BCUT2D eigenvalue weighted by atomic mass is 16.5. The van der Waals surface area contributed by atoms with Crippen LogP contribution in [0.25, 0.3) is 0 Å². The van der Waals surface area contributed by atoms with Gasteiger partial charge in [0.2, 0.25) is 5.91 Å². The van der Waals surface area contributed by atoms with Crippen molar-refractivity contribution < 1.29 is 19.4 Å². The van der Waals surface area contributed by atoms with Crippen molar-refractivity contribution >= 4 is 11.9 Å². The molecule has 0 bridgehead atoms. The summed E-state index contributed by atoms with van der Waals surface area (Å²) in [5.74, 6) is -0.172. The lowest BCUT2D eigenvalue weighted by Crippen LogP contribution is -2.41. The molecule has 6 nitrogen and oxygen atoms in total. The largest absolute Gasteiger partial charge is 0.489 e. The smallest absolute Gasteiger partial charge is 0.326 e. The fourth-order valence-corrected chi connectivity index (χ4v) is 2.73. The number of carboxylic acid groups (broad SMARTS) is 1. The lowest BCUT2D eigenvalue weighted by atomic mass is 10.1. The number of carbonyl (C=O) groups excluding carboxylic acids is 1. The Morgan fingerprint density at radius 1 is 1.23 bits per heavy atom. The molecule has 1 unspecified atom stereocenters. The third kappa shape index (κ3) is 5.58. The van der Waals surface area contributed by atoms with Gasteiger partial charge in [0, 0.05) is 18.0 Å². The number of amides is 1. The monoisotopic (exact) mass is 354 g/mol. The van der Waals surface area contributed by atoms with Gasteiger partial charge < -0.3 is 15.2 Å². The average Bonchev–Trinajstić information content (AvgIpc) is 3.44. The highest BCUT2D eigenvalue weighted by Gasteiger charge is 2.30. The van der Waals surface area contributed by atoms with Crippen molar-refractivity contribution in [3.63, 3.8) is 0 Å². The lowest BCUT2D eigenvalue weighted by Gasteiger charge is -2.14. The summed E-state index contributed by atoms with van der Waals surface area (Å²) in [4.78, 5) is 27.5. The first-order chi connectivity index (χ1) is 12.6. The van der Waals surface area contributed by atoms with Crippen LogP contribution in [-0.4, -0.2) is 28.0 Å². The molecule has 1 aliphatic rings. The second kappa shape index (κ2) is 8.47. The van der Waals surface area contributed by atoms with E-state index in [1.807, 2.05) is 30.3 Å². The van der Waals surface area contributed by atoms with Gasteiger partial charge in [-0.25, -0.2) is 4.79 Å². The van der Waals surface area contributed by atoms with Crippen molar-refractivity contribution in [3.8, 4) is 5.75 Å². The van der Waals surface area contributed by atoms with Crippen molar-refractivity contribution in [1.82, 2.24) is 10.3 Å². The van der Waals surface area contributed by atoms with Crippen LogP contribution in [0, 0.1) is 5.92 Å². The Morgan fingerprint density at radius 2 is 2.04 bits per heavy atom. The van der Waals surface area contributed by atoms with E-state index < -0.39 is 12.0 Å². The number of ether oxygens (including phenoxy) is 1. The summed E-state index contributed by atoms with van der Waals surface area (Å²) in [6.45, 7) is 0.395. The van der Waals surface area contributed by atoms with Crippen LogP contribution in [0.2, 0.25) is 0 Å². The first-order valence-electron chi connectivity index (χ1n) is 8.73. The zero-order chi connectivity index (χ0) is 18.4. The maximum atomic E-state index is 12.2. The van der Waals surface area contributed by atoms with E-state index in [-0.39, 0.29) is 12.3 Å². The summed E-state index contributed by atoms with van der Waals surface area (Å²) in [5, 5.41) is 11.9. The summed E-state index contributed by atoms with van der Waals surface area (Å²) in [6, 6.07) is 10.2. The molecule has 1 aliphatic carbocycles. The van der Waals surface area contributed by atoms with Crippen LogP contribution in [0.5, 0.6) is 5.75 Å². The molecule has 0 spiro atoms. The molecule has 26 heavy (non-hydrogen) atoms. The van der Waals surface area contributed by atoms with Crippen LogP contribution in [0.1, 0.15) is 30.4 Å². The Morgan fingerprint density at radius 3 is 2.73 bits per heavy atom. The van der Waals surface area contributed by atoms with Gasteiger partial charge in [-0.15, -0.1) is 0 Å². The van der Waals surface area contributed by atoms with Crippen LogP contribution in [0.15, 0.2) is 48.8 Å². The molecular weight excluding hydrogens is 332 g/mol. The Labute approximate surface area is 152 Å². The van der Waals surface area contributed by atoms with E-state index in [2.05, 4.69) is 10.3 Å². The van der Waals surface area contributed by atoms with E-state index in [0.717, 1.165) is 24.0 Å². The van der Waals surface area contributed by atoms with Gasteiger partial charge in [0.05, 0.1) is 6.42 Å². The number of rotatable bonds is 9. The van der Waals surface area contributed by atoms with Crippen molar-refractivity contribution in [2.75, 3.05) is 0 Å². The molecule has 1 amide bonds. The molecule has 2 aromatic rings. The molecule has 0 radical (unpaired) electrons. The van der Waals surface area contributed by atoms with E-state index in [4.69, 9.17) is 4.74 Å². The number of nitrogens with zero attached hydrogens (tertiary/aromatic N) is 1. The Balaban J connectivity index is 1.53. The summed E-state index contributed by atoms with van der Waals surface area (Å²) in [5.41, 5.74) is 1.74. The SMILES string of the molecule is O=C(Cc1cccc(OCc2cccnc2)c1)NC(CC1CC1)C(=O)O. The zero-order valence-electron chi connectivity index (χ0n) is 14.4. The standard InChI is InChI=1S/C20H22N2O4/c23-19(22-18(20(24)25)10-14-6-7-14)11-15-3-1-5-17(9-15)26-13-16-4-2-8-21-12-16/h1-5,8-9,12,14,18H,6-7,10-11,13H2,(H,22,23)(H,24,25). The molecule has 0 saturated heterocycles. The van der Waals surface area contributed by atoms with Gasteiger partial charge in [-0.1, -0.05) is 31.0 Å². The zero-order valence-corrected chi connectivity index (χ0v) is 14.4. The minimum atomic E-state index is -0.973. The number of hydrogen-bond donors (Lipinski definition) is 2. The topological polar surface area (TPSA) is 88.5 Å². The van der Waals surface area contributed by atoms with Gasteiger partial charge in [0.25, 0.3) is 0 Å². The van der Waals surface area contributed by atoms with E-state index in [1.54, 1.807) is 18.5 Å².